The van der Waals surface area contributed by atoms with Gasteiger partial charge in [-0.2, -0.15) is 0 Å². The van der Waals surface area contributed by atoms with Crippen molar-refractivity contribution in [3.05, 3.63) is 223 Å². The van der Waals surface area contributed by atoms with E-state index in [1.54, 1.807) is 0 Å². The SMILES string of the molecule is CC1(C)c2ccccc2-c2ccc(-c3ccc(N(c4cccc(-c5cccc6ccccc56)c4)c4ccccc4-c4ccccc4-c4ccccc4)cc3)cc21. The zero-order chi connectivity index (χ0) is 37.6. The maximum Gasteiger partial charge on any atom is 0.0540 e. The number of para-hydroxylation sites is 1. The summed E-state index contributed by atoms with van der Waals surface area (Å²) in [5.41, 5.74) is 18.4. The minimum absolute atomic E-state index is 0.0481. The molecule has 56 heavy (non-hydrogen) atoms. The Balaban J connectivity index is 1.12. The molecule has 0 unspecified atom stereocenters. The van der Waals surface area contributed by atoms with Gasteiger partial charge in [0.05, 0.1) is 5.69 Å². The number of rotatable bonds is 7. The molecule has 0 saturated carbocycles. The fraction of sp³-hybridized carbons (Fsp3) is 0.0545. The quantitative estimate of drug-likeness (QED) is 0.159. The minimum atomic E-state index is -0.0481. The topological polar surface area (TPSA) is 3.24 Å². The van der Waals surface area contributed by atoms with E-state index in [-0.39, 0.29) is 5.41 Å². The molecule has 0 aromatic heterocycles. The fourth-order valence-corrected chi connectivity index (χ4v) is 8.89. The van der Waals surface area contributed by atoms with Gasteiger partial charge in [-0.25, -0.2) is 0 Å². The molecule has 0 radical (unpaired) electrons. The Kier molecular flexibility index (Phi) is 8.23. The molecule has 0 spiro atoms. The highest BCUT2D eigenvalue weighted by atomic mass is 15.1. The van der Waals surface area contributed by atoms with Crippen molar-refractivity contribution in [1.82, 2.24) is 0 Å². The Morgan fingerprint density at radius 2 is 0.911 bits per heavy atom. The number of fused-ring (bicyclic) bond motifs is 4. The predicted molar refractivity (Wildman–Crippen MR) is 238 cm³/mol. The number of anilines is 3. The van der Waals surface area contributed by atoms with E-state index < -0.39 is 0 Å². The van der Waals surface area contributed by atoms with E-state index >= 15 is 0 Å². The Bertz CT molecular complexity index is 2880. The third-order valence-electron chi connectivity index (χ3n) is 11.7. The van der Waals surface area contributed by atoms with Gasteiger partial charge >= 0.3 is 0 Å². The van der Waals surface area contributed by atoms with Crippen molar-refractivity contribution >= 4 is 27.8 Å². The average molecular weight is 716 g/mol. The van der Waals surface area contributed by atoms with E-state index in [9.17, 15) is 0 Å². The van der Waals surface area contributed by atoms with Crippen molar-refractivity contribution in [2.24, 2.45) is 0 Å². The molecule has 0 bridgehead atoms. The zero-order valence-corrected chi connectivity index (χ0v) is 31.7. The van der Waals surface area contributed by atoms with Gasteiger partial charge in [-0.3, -0.25) is 0 Å². The molecule has 1 heteroatoms. The maximum absolute atomic E-state index is 2.43. The summed E-state index contributed by atoms with van der Waals surface area (Å²) < 4.78 is 0. The van der Waals surface area contributed by atoms with Gasteiger partial charge in [-0.05, 0) is 108 Å². The summed E-state index contributed by atoms with van der Waals surface area (Å²) in [7, 11) is 0. The highest BCUT2D eigenvalue weighted by Gasteiger charge is 2.35. The lowest BCUT2D eigenvalue weighted by Gasteiger charge is -2.29. The molecule has 1 aliphatic rings. The summed E-state index contributed by atoms with van der Waals surface area (Å²) in [6.07, 6.45) is 0. The molecule has 9 aromatic carbocycles. The second kappa shape index (κ2) is 13.7. The van der Waals surface area contributed by atoms with Crippen LogP contribution in [0.4, 0.5) is 17.1 Å². The Hall–Kier alpha value is -6.96. The molecule has 0 aliphatic heterocycles. The van der Waals surface area contributed by atoms with Crippen molar-refractivity contribution < 1.29 is 0 Å². The van der Waals surface area contributed by atoms with Gasteiger partial charge in [0.1, 0.15) is 0 Å². The lowest BCUT2D eigenvalue weighted by Crippen LogP contribution is -2.14. The van der Waals surface area contributed by atoms with E-state index in [4.69, 9.17) is 0 Å². The summed E-state index contributed by atoms with van der Waals surface area (Å²) in [5, 5.41) is 2.49. The van der Waals surface area contributed by atoms with Crippen LogP contribution in [-0.4, -0.2) is 0 Å². The van der Waals surface area contributed by atoms with Crippen molar-refractivity contribution in [3.8, 4) is 55.6 Å². The lowest BCUT2D eigenvalue weighted by molar-refractivity contribution is 0.660. The Labute approximate surface area is 329 Å². The van der Waals surface area contributed by atoms with Crippen LogP contribution in [0.1, 0.15) is 25.0 Å². The number of nitrogens with zero attached hydrogens (tertiary/aromatic N) is 1. The van der Waals surface area contributed by atoms with Crippen LogP contribution in [-0.2, 0) is 5.41 Å². The van der Waals surface area contributed by atoms with Crippen LogP contribution in [0.2, 0.25) is 0 Å². The maximum atomic E-state index is 2.43. The molecule has 0 N–H and O–H groups in total. The minimum Gasteiger partial charge on any atom is -0.310 e. The van der Waals surface area contributed by atoms with Gasteiger partial charge in [-0.1, -0.05) is 190 Å². The smallest absolute Gasteiger partial charge is 0.0540 e. The van der Waals surface area contributed by atoms with Crippen LogP contribution < -0.4 is 4.90 Å². The highest BCUT2D eigenvalue weighted by Crippen LogP contribution is 2.50. The van der Waals surface area contributed by atoms with E-state index in [2.05, 4.69) is 231 Å². The second-order valence-electron chi connectivity index (χ2n) is 15.3. The predicted octanol–water partition coefficient (Wildman–Crippen LogP) is 15.3. The molecule has 0 saturated heterocycles. The molecule has 0 fully saturated rings. The third kappa shape index (κ3) is 5.72. The van der Waals surface area contributed by atoms with Crippen molar-refractivity contribution in [2.45, 2.75) is 19.3 Å². The van der Waals surface area contributed by atoms with Gasteiger partial charge in [0.25, 0.3) is 0 Å². The van der Waals surface area contributed by atoms with Crippen LogP contribution >= 0.6 is 0 Å². The summed E-state index contributed by atoms with van der Waals surface area (Å²) in [6, 6.07) is 77.6. The third-order valence-corrected chi connectivity index (χ3v) is 11.7. The fourth-order valence-electron chi connectivity index (χ4n) is 8.89. The molecule has 9 aromatic rings. The van der Waals surface area contributed by atoms with E-state index in [1.807, 2.05) is 0 Å². The van der Waals surface area contributed by atoms with Gasteiger partial charge in [0, 0.05) is 22.4 Å². The van der Waals surface area contributed by atoms with Gasteiger partial charge in [0.15, 0.2) is 0 Å². The summed E-state index contributed by atoms with van der Waals surface area (Å²) in [4.78, 5) is 2.43. The first-order valence-electron chi connectivity index (χ1n) is 19.5. The standard InChI is InChI=1S/C55H41N/c1-55(2)52-28-12-10-25-49(52)50-35-32-41(37-53(50)55)38-30-33-43(34-31-38)56(44-21-14-20-42(36-44)47-27-15-19-40-18-6-7-22-45(40)47)54-29-13-11-26-51(54)48-24-9-8-23-46(48)39-16-4-3-5-17-39/h3-37H,1-2H3. The molecular weight excluding hydrogens is 675 g/mol. The van der Waals surface area contributed by atoms with Crippen LogP contribution in [0.3, 0.4) is 0 Å². The van der Waals surface area contributed by atoms with Gasteiger partial charge in [0.2, 0.25) is 0 Å². The molecule has 0 atom stereocenters. The molecule has 0 heterocycles. The number of benzene rings is 9. The lowest BCUT2D eigenvalue weighted by atomic mass is 9.81. The monoisotopic (exact) mass is 715 g/mol. The first kappa shape index (κ1) is 33.6. The van der Waals surface area contributed by atoms with Gasteiger partial charge < -0.3 is 4.90 Å². The number of hydrogen-bond donors (Lipinski definition) is 0. The average Bonchev–Trinajstić information content (AvgIpc) is 3.49. The van der Waals surface area contributed by atoms with Crippen LogP contribution in [0.15, 0.2) is 212 Å². The molecule has 1 aliphatic carbocycles. The van der Waals surface area contributed by atoms with Gasteiger partial charge in [-0.15, -0.1) is 0 Å². The van der Waals surface area contributed by atoms with E-state index in [1.165, 1.54) is 77.5 Å². The van der Waals surface area contributed by atoms with Crippen molar-refractivity contribution in [3.63, 3.8) is 0 Å². The highest BCUT2D eigenvalue weighted by molar-refractivity contribution is 5.99. The largest absolute Gasteiger partial charge is 0.310 e. The van der Waals surface area contributed by atoms with Crippen LogP contribution in [0.5, 0.6) is 0 Å². The van der Waals surface area contributed by atoms with E-state index in [0.29, 0.717) is 0 Å². The van der Waals surface area contributed by atoms with Crippen molar-refractivity contribution in [2.75, 3.05) is 4.90 Å². The normalized spacial score (nSPS) is 12.6. The summed E-state index contributed by atoms with van der Waals surface area (Å²) >= 11 is 0. The number of hydrogen-bond acceptors (Lipinski definition) is 1. The summed E-state index contributed by atoms with van der Waals surface area (Å²) in [5.74, 6) is 0. The molecule has 266 valence electrons. The Morgan fingerprint density at radius 3 is 1.75 bits per heavy atom. The van der Waals surface area contributed by atoms with Crippen LogP contribution in [0, 0.1) is 0 Å². The first-order chi connectivity index (χ1) is 27.5. The first-order valence-corrected chi connectivity index (χ1v) is 19.5. The molecule has 0 amide bonds. The second-order valence-corrected chi connectivity index (χ2v) is 15.3. The summed E-state index contributed by atoms with van der Waals surface area (Å²) in [6.45, 7) is 4.70. The molecular formula is C55H41N. The Morgan fingerprint density at radius 1 is 0.321 bits per heavy atom. The van der Waals surface area contributed by atoms with Crippen molar-refractivity contribution in [1.29, 1.82) is 0 Å². The van der Waals surface area contributed by atoms with E-state index in [0.717, 1.165) is 17.1 Å². The molecule has 1 nitrogen and oxygen atoms in total. The zero-order valence-electron chi connectivity index (χ0n) is 31.7. The van der Waals surface area contributed by atoms with Crippen LogP contribution in [0.25, 0.3) is 66.4 Å². The molecule has 10 rings (SSSR count).